The molecule has 0 saturated heterocycles. The summed E-state index contributed by atoms with van der Waals surface area (Å²) < 4.78 is 6.16. The average Bonchev–Trinajstić information content (AvgIpc) is 3.13. The van der Waals surface area contributed by atoms with Crippen molar-refractivity contribution >= 4 is 32.7 Å². The van der Waals surface area contributed by atoms with E-state index in [0.29, 0.717) is 0 Å². The smallest absolute Gasteiger partial charge is 0.136 e. The van der Waals surface area contributed by atoms with Crippen molar-refractivity contribution < 1.29 is 4.42 Å². The van der Waals surface area contributed by atoms with Crippen LogP contribution in [-0.2, 0) is 5.41 Å². The zero-order chi connectivity index (χ0) is 17.5. The van der Waals surface area contributed by atoms with Gasteiger partial charge in [0.2, 0.25) is 0 Å². The summed E-state index contributed by atoms with van der Waals surface area (Å²) in [5.41, 5.74) is 7.49. The molecular weight excluding hydrogens is 316 g/mol. The Morgan fingerprint density at radius 1 is 0.654 bits per heavy atom. The molecule has 0 aliphatic heterocycles. The first kappa shape index (κ1) is 14.1. The van der Waals surface area contributed by atoms with Crippen LogP contribution in [0.5, 0.6) is 0 Å². The molecule has 6 rings (SSSR count). The van der Waals surface area contributed by atoms with Gasteiger partial charge in [0.1, 0.15) is 11.2 Å². The Bertz CT molecular complexity index is 1350. The van der Waals surface area contributed by atoms with Crippen LogP contribution >= 0.6 is 0 Å². The van der Waals surface area contributed by atoms with Crippen LogP contribution in [0.3, 0.4) is 0 Å². The molecule has 0 amide bonds. The second-order valence-corrected chi connectivity index (χ2v) is 7.83. The molecule has 1 nitrogen and oxygen atoms in total. The fourth-order valence-electron chi connectivity index (χ4n) is 4.75. The van der Waals surface area contributed by atoms with E-state index in [1.165, 1.54) is 43.8 Å². The lowest BCUT2D eigenvalue weighted by Crippen LogP contribution is -2.14. The van der Waals surface area contributed by atoms with Gasteiger partial charge in [-0.15, -0.1) is 0 Å². The fraction of sp³-hybridized carbons (Fsp3) is 0.120. The first-order valence-electron chi connectivity index (χ1n) is 9.13. The normalized spacial score (nSPS) is 14.8. The Morgan fingerprint density at radius 3 is 2.38 bits per heavy atom. The van der Waals surface area contributed by atoms with Gasteiger partial charge in [-0.25, -0.2) is 0 Å². The summed E-state index contributed by atoms with van der Waals surface area (Å²) in [6.07, 6.45) is 0. The van der Waals surface area contributed by atoms with E-state index in [9.17, 15) is 0 Å². The van der Waals surface area contributed by atoms with Crippen molar-refractivity contribution in [1.29, 1.82) is 0 Å². The minimum Gasteiger partial charge on any atom is -0.456 e. The molecule has 0 fully saturated rings. The van der Waals surface area contributed by atoms with Crippen molar-refractivity contribution in [2.24, 2.45) is 0 Å². The fourth-order valence-corrected chi connectivity index (χ4v) is 4.75. The maximum absolute atomic E-state index is 6.16. The minimum absolute atomic E-state index is 0.0307. The second kappa shape index (κ2) is 4.56. The molecule has 0 radical (unpaired) electrons. The lowest BCUT2D eigenvalue weighted by atomic mass is 9.82. The molecule has 0 unspecified atom stereocenters. The summed E-state index contributed by atoms with van der Waals surface area (Å²) in [5.74, 6) is 0. The van der Waals surface area contributed by atoms with Crippen LogP contribution in [0.2, 0.25) is 0 Å². The van der Waals surface area contributed by atoms with Gasteiger partial charge < -0.3 is 4.42 Å². The molecule has 0 N–H and O–H groups in total. The highest BCUT2D eigenvalue weighted by Gasteiger charge is 2.36. The van der Waals surface area contributed by atoms with E-state index in [2.05, 4.69) is 74.5 Å². The van der Waals surface area contributed by atoms with E-state index in [1.54, 1.807) is 0 Å². The third-order valence-electron chi connectivity index (χ3n) is 6.06. The first-order valence-corrected chi connectivity index (χ1v) is 9.13. The quantitative estimate of drug-likeness (QED) is 0.296. The van der Waals surface area contributed by atoms with Gasteiger partial charge in [-0.1, -0.05) is 68.4 Å². The van der Waals surface area contributed by atoms with Crippen LogP contribution in [0.1, 0.15) is 25.0 Å². The Labute approximate surface area is 151 Å². The molecule has 26 heavy (non-hydrogen) atoms. The number of benzene rings is 4. The van der Waals surface area contributed by atoms with Crippen molar-refractivity contribution in [3.63, 3.8) is 0 Å². The predicted octanol–water partition coefficient (Wildman–Crippen LogP) is 7.05. The SMILES string of the molecule is CC1(C)c2ccccc2-c2c1ccc1cc3c(cc21)oc1ccccc13. The van der Waals surface area contributed by atoms with Crippen LogP contribution in [0, 0.1) is 0 Å². The van der Waals surface area contributed by atoms with Crippen molar-refractivity contribution in [3.8, 4) is 11.1 Å². The molecule has 124 valence electrons. The van der Waals surface area contributed by atoms with Crippen molar-refractivity contribution in [2.75, 3.05) is 0 Å². The predicted molar refractivity (Wildman–Crippen MR) is 109 cm³/mol. The van der Waals surface area contributed by atoms with Gasteiger partial charge in [0.15, 0.2) is 0 Å². The summed E-state index contributed by atoms with van der Waals surface area (Å²) in [6, 6.07) is 26.2. The summed E-state index contributed by atoms with van der Waals surface area (Å²) >= 11 is 0. The maximum atomic E-state index is 6.16. The van der Waals surface area contributed by atoms with E-state index in [0.717, 1.165) is 11.2 Å². The van der Waals surface area contributed by atoms with Crippen LogP contribution in [0.15, 0.2) is 77.2 Å². The first-order chi connectivity index (χ1) is 12.6. The molecule has 1 heteroatoms. The molecule has 0 bridgehead atoms. The number of fused-ring (bicyclic) bond motifs is 8. The highest BCUT2D eigenvalue weighted by molar-refractivity contribution is 6.13. The molecular formula is C25H18O. The number of hydrogen-bond acceptors (Lipinski definition) is 1. The Morgan fingerprint density at radius 2 is 1.46 bits per heavy atom. The van der Waals surface area contributed by atoms with Gasteiger partial charge in [-0.3, -0.25) is 0 Å². The third kappa shape index (κ3) is 1.61. The average molecular weight is 334 g/mol. The summed E-state index contributed by atoms with van der Waals surface area (Å²) in [6.45, 7) is 4.65. The van der Waals surface area contributed by atoms with Crippen molar-refractivity contribution in [1.82, 2.24) is 0 Å². The number of furan rings is 1. The number of hydrogen-bond donors (Lipinski definition) is 0. The second-order valence-electron chi connectivity index (χ2n) is 7.83. The zero-order valence-electron chi connectivity index (χ0n) is 14.8. The van der Waals surface area contributed by atoms with Gasteiger partial charge in [0.05, 0.1) is 0 Å². The molecule has 5 aromatic rings. The summed E-state index contributed by atoms with van der Waals surface area (Å²) in [7, 11) is 0. The molecule has 0 spiro atoms. The number of rotatable bonds is 0. The Hall–Kier alpha value is -3.06. The van der Waals surface area contributed by atoms with E-state index >= 15 is 0 Å². The van der Waals surface area contributed by atoms with Gasteiger partial charge in [0, 0.05) is 16.2 Å². The molecule has 0 saturated carbocycles. The lowest BCUT2D eigenvalue weighted by molar-refractivity contribution is 0.660. The topological polar surface area (TPSA) is 13.1 Å². The van der Waals surface area contributed by atoms with Crippen LogP contribution in [0.25, 0.3) is 43.8 Å². The highest BCUT2D eigenvalue weighted by atomic mass is 16.3. The molecule has 0 atom stereocenters. The molecule has 1 aliphatic carbocycles. The molecule has 1 aliphatic rings. The van der Waals surface area contributed by atoms with Crippen molar-refractivity contribution in [3.05, 3.63) is 83.9 Å². The molecule has 1 aromatic heterocycles. The van der Waals surface area contributed by atoms with Gasteiger partial charge in [-0.2, -0.15) is 0 Å². The summed E-state index contributed by atoms with van der Waals surface area (Å²) in [5, 5.41) is 4.94. The number of para-hydroxylation sites is 1. The molecule has 4 aromatic carbocycles. The zero-order valence-corrected chi connectivity index (χ0v) is 14.8. The van der Waals surface area contributed by atoms with Crippen molar-refractivity contribution in [2.45, 2.75) is 19.3 Å². The summed E-state index contributed by atoms with van der Waals surface area (Å²) in [4.78, 5) is 0. The minimum atomic E-state index is 0.0307. The van der Waals surface area contributed by atoms with E-state index in [-0.39, 0.29) is 5.41 Å². The molecule has 1 heterocycles. The van der Waals surface area contributed by atoms with Crippen LogP contribution < -0.4 is 0 Å². The largest absolute Gasteiger partial charge is 0.456 e. The van der Waals surface area contributed by atoms with E-state index < -0.39 is 0 Å². The van der Waals surface area contributed by atoms with Gasteiger partial charge in [-0.05, 0) is 51.2 Å². The lowest BCUT2D eigenvalue weighted by Gasteiger charge is -2.21. The standard InChI is InChI=1S/C25H18O/c1-25(2)20-9-5-3-8-17(20)24-18-14-23-19(13-15(18)11-12-21(24)25)16-7-4-6-10-22(16)26-23/h3-14H,1-2H3. The Balaban J connectivity index is 1.80. The monoisotopic (exact) mass is 334 g/mol. The van der Waals surface area contributed by atoms with Crippen LogP contribution in [0.4, 0.5) is 0 Å². The van der Waals surface area contributed by atoms with Gasteiger partial charge in [0.25, 0.3) is 0 Å². The van der Waals surface area contributed by atoms with Gasteiger partial charge >= 0.3 is 0 Å². The Kier molecular flexibility index (Phi) is 2.48. The highest BCUT2D eigenvalue weighted by Crippen LogP contribution is 2.51. The van der Waals surface area contributed by atoms with E-state index in [4.69, 9.17) is 4.42 Å². The van der Waals surface area contributed by atoms with Crippen LogP contribution in [-0.4, -0.2) is 0 Å². The van der Waals surface area contributed by atoms with E-state index in [1.807, 2.05) is 12.1 Å². The maximum Gasteiger partial charge on any atom is 0.136 e. The third-order valence-corrected chi connectivity index (χ3v) is 6.06.